The zero-order valence-electron chi connectivity index (χ0n) is 19.2. The second-order valence-corrected chi connectivity index (χ2v) is 13.0. The van der Waals surface area contributed by atoms with E-state index < -0.39 is 15.9 Å². The number of nitrogens with one attached hydrogen (secondary N) is 2. The number of amides is 1. The molecule has 6 N–H and O–H groups in total. The maximum atomic E-state index is 13.4. The zero-order valence-corrected chi connectivity index (χ0v) is 20.0. The van der Waals surface area contributed by atoms with Gasteiger partial charge in [-0.2, -0.15) is 0 Å². The van der Waals surface area contributed by atoms with Crippen LogP contribution in [0.25, 0.3) is 0 Å². The number of rotatable bonds is 6. The van der Waals surface area contributed by atoms with Gasteiger partial charge in [0.1, 0.15) is 5.88 Å². The van der Waals surface area contributed by atoms with E-state index >= 15 is 0 Å². The fourth-order valence-electron chi connectivity index (χ4n) is 6.57. The van der Waals surface area contributed by atoms with E-state index in [0.717, 1.165) is 70.6 Å². The van der Waals surface area contributed by atoms with Crippen molar-refractivity contribution in [3.05, 3.63) is 0 Å². The van der Waals surface area contributed by atoms with Crippen LogP contribution in [0.3, 0.4) is 0 Å². The Balaban J connectivity index is 1.51. The van der Waals surface area contributed by atoms with Crippen molar-refractivity contribution >= 4 is 21.6 Å². The predicted octanol–water partition coefficient (Wildman–Crippen LogP) is 1.87. The molecule has 4 aliphatic rings. The Morgan fingerprint density at radius 1 is 0.969 bits per heavy atom. The van der Waals surface area contributed by atoms with E-state index in [4.69, 9.17) is 16.9 Å². The lowest BCUT2D eigenvalue weighted by molar-refractivity contribution is -0.126. The van der Waals surface area contributed by atoms with Crippen LogP contribution in [0.5, 0.6) is 0 Å². The summed E-state index contributed by atoms with van der Waals surface area (Å²) < 4.78 is 26.7. The molecule has 182 valence electrons. The molecule has 1 heterocycles. The molecule has 8 nitrogen and oxygen atoms in total. The van der Waals surface area contributed by atoms with Gasteiger partial charge in [0.2, 0.25) is 5.91 Å². The molecule has 1 aliphatic heterocycles. The van der Waals surface area contributed by atoms with Crippen LogP contribution >= 0.6 is 0 Å². The summed E-state index contributed by atoms with van der Waals surface area (Å²) in [7, 11) is -3.32. The number of carbonyl (C=O) groups excluding carboxylic acids is 1. The minimum Gasteiger partial charge on any atom is -0.387 e. The third-order valence-corrected chi connectivity index (χ3v) is 10.7. The average molecular weight is 468 g/mol. The third kappa shape index (κ3) is 5.30. The van der Waals surface area contributed by atoms with Gasteiger partial charge in [0, 0.05) is 24.0 Å². The van der Waals surface area contributed by atoms with Crippen LogP contribution in [-0.2, 0) is 14.6 Å². The highest BCUT2D eigenvalue weighted by atomic mass is 32.2. The summed E-state index contributed by atoms with van der Waals surface area (Å²) in [4.78, 5) is 15.4. The minimum absolute atomic E-state index is 0.00606. The molecule has 4 atom stereocenters. The number of nitrogens with zero attached hydrogens (tertiary/aromatic N) is 1. The summed E-state index contributed by atoms with van der Waals surface area (Å²) in [5, 5.41) is 10.9. The standard InChI is InChI=1S/C23H41N5O3S/c24-17-8-10-18(11-9-17)27-23(29)21-12-15-6-7-16(22(25)26)13-20(15)28(21)14-32(30,31)19-4-2-1-3-5-19/h15-21H,1-14,24H2,(H3,25,26)(H,27,29). The van der Waals surface area contributed by atoms with Crippen LogP contribution < -0.4 is 16.8 Å². The van der Waals surface area contributed by atoms with Crippen LogP contribution in [0.2, 0.25) is 0 Å². The molecule has 3 saturated carbocycles. The van der Waals surface area contributed by atoms with Crippen LogP contribution in [0, 0.1) is 17.2 Å². The molecular weight excluding hydrogens is 426 g/mol. The molecule has 4 fully saturated rings. The van der Waals surface area contributed by atoms with Gasteiger partial charge in [-0.1, -0.05) is 19.3 Å². The molecule has 0 bridgehead atoms. The van der Waals surface area contributed by atoms with E-state index in [1.54, 1.807) is 0 Å². The quantitative estimate of drug-likeness (QED) is 0.347. The number of likely N-dealkylation sites (tertiary alicyclic amines) is 1. The normalized spacial score (nSPS) is 37.0. The van der Waals surface area contributed by atoms with Gasteiger partial charge in [-0.3, -0.25) is 15.1 Å². The summed E-state index contributed by atoms with van der Waals surface area (Å²) in [5.74, 6) is 0.389. The lowest BCUT2D eigenvalue weighted by Crippen LogP contribution is -2.53. The molecule has 0 aromatic rings. The Hall–Kier alpha value is -1.19. The highest BCUT2D eigenvalue weighted by Gasteiger charge is 2.49. The summed E-state index contributed by atoms with van der Waals surface area (Å²) in [5.41, 5.74) is 11.8. The van der Waals surface area contributed by atoms with Crippen molar-refractivity contribution in [1.29, 1.82) is 5.41 Å². The number of hydrogen-bond acceptors (Lipinski definition) is 6. The van der Waals surface area contributed by atoms with Gasteiger partial charge in [0.15, 0.2) is 9.84 Å². The molecule has 0 radical (unpaired) electrons. The third-order valence-electron chi connectivity index (χ3n) is 8.56. The number of carbonyl (C=O) groups is 1. The lowest BCUT2D eigenvalue weighted by atomic mass is 9.78. The second kappa shape index (κ2) is 9.97. The van der Waals surface area contributed by atoms with E-state index in [0.29, 0.717) is 18.8 Å². The van der Waals surface area contributed by atoms with Gasteiger partial charge in [0.05, 0.1) is 17.1 Å². The maximum absolute atomic E-state index is 13.4. The SMILES string of the molecule is N=C(N)C1CCC2CC(C(=O)NC3CCC(N)CC3)N(CS(=O)(=O)C3CCCCC3)C2C1. The molecule has 4 rings (SSSR count). The summed E-state index contributed by atoms with van der Waals surface area (Å²) in [6.07, 6.45) is 11.3. The minimum atomic E-state index is -3.32. The van der Waals surface area contributed by atoms with Gasteiger partial charge in [-0.05, 0) is 70.1 Å². The van der Waals surface area contributed by atoms with Crippen LogP contribution in [0.4, 0.5) is 0 Å². The van der Waals surface area contributed by atoms with E-state index in [-0.39, 0.29) is 46.9 Å². The first-order chi connectivity index (χ1) is 15.2. The maximum Gasteiger partial charge on any atom is 0.237 e. The largest absolute Gasteiger partial charge is 0.387 e. The number of nitrogens with two attached hydrogens (primary N) is 2. The fraction of sp³-hybridized carbons (Fsp3) is 0.913. The second-order valence-electron chi connectivity index (χ2n) is 10.7. The van der Waals surface area contributed by atoms with Crippen molar-refractivity contribution in [3.8, 4) is 0 Å². The van der Waals surface area contributed by atoms with Crippen LogP contribution in [0.1, 0.15) is 83.5 Å². The Labute approximate surface area is 192 Å². The average Bonchev–Trinajstić information content (AvgIpc) is 3.13. The summed E-state index contributed by atoms with van der Waals surface area (Å²) in [6, 6.07) is -0.0546. The van der Waals surface area contributed by atoms with Crippen molar-refractivity contribution in [2.45, 2.75) is 113 Å². The number of sulfone groups is 1. The van der Waals surface area contributed by atoms with Gasteiger partial charge in [-0.15, -0.1) is 0 Å². The number of hydrogen-bond donors (Lipinski definition) is 4. The van der Waals surface area contributed by atoms with Crippen molar-refractivity contribution in [2.24, 2.45) is 23.3 Å². The van der Waals surface area contributed by atoms with Crippen molar-refractivity contribution in [2.75, 3.05) is 5.88 Å². The molecule has 3 aliphatic carbocycles. The molecule has 32 heavy (non-hydrogen) atoms. The topological polar surface area (TPSA) is 142 Å². The van der Waals surface area contributed by atoms with Crippen LogP contribution in [-0.4, -0.2) is 60.4 Å². The molecule has 0 aromatic carbocycles. The first kappa shape index (κ1) is 24.0. The van der Waals surface area contributed by atoms with E-state index in [1.165, 1.54) is 0 Å². The van der Waals surface area contributed by atoms with Crippen LogP contribution in [0.15, 0.2) is 0 Å². The van der Waals surface area contributed by atoms with Gasteiger partial charge in [0.25, 0.3) is 0 Å². The molecule has 0 spiro atoms. The first-order valence-electron chi connectivity index (χ1n) is 12.6. The highest BCUT2D eigenvalue weighted by Crippen LogP contribution is 2.43. The van der Waals surface area contributed by atoms with Crippen molar-refractivity contribution in [3.63, 3.8) is 0 Å². The zero-order chi connectivity index (χ0) is 22.9. The number of fused-ring (bicyclic) bond motifs is 1. The Kier molecular flexibility index (Phi) is 7.46. The van der Waals surface area contributed by atoms with Gasteiger partial charge < -0.3 is 16.8 Å². The molecule has 9 heteroatoms. The van der Waals surface area contributed by atoms with E-state index in [2.05, 4.69) is 5.32 Å². The molecule has 1 saturated heterocycles. The van der Waals surface area contributed by atoms with Gasteiger partial charge in [-0.25, -0.2) is 8.42 Å². The fourth-order valence-corrected chi connectivity index (χ4v) is 8.62. The smallest absolute Gasteiger partial charge is 0.237 e. The molecule has 4 unspecified atom stereocenters. The van der Waals surface area contributed by atoms with E-state index in [1.807, 2.05) is 4.90 Å². The molecule has 1 amide bonds. The monoisotopic (exact) mass is 467 g/mol. The highest BCUT2D eigenvalue weighted by molar-refractivity contribution is 7.91. The van der Waals surface area contributed by atoms with Gasteiger partial charge >= 0.3 is 0 Å². The Morgan fingerprint density at radius 3 is 2.31 bits per heavy atom. The summed E-state index contributed by atoms with van der Waals surface area (Å²) >= 11 is 0. The first-order valence-corrected chi connectivity index (χ1v) is 14.3. The Bertz CT molecular complexity index is 789. The molecule has 0 aromatic heterocycles. The predicted molar refractivity (Wildman–Crippen MR) is 126 cm³/mol. The van der Waals surface area contributed by atoms with Crippen molar-refractivity contribution < 1.29 is 13.2 Å². The molecular formula is C23H41N5O3S. The summed E-state index contributed by atoms with van der Waals surface area (Å²) in [6.45, 7) is 0. The lowest BCUT2D eigenvalue weighted by Gasteiger charge is -2.37. The van der Waals surface area contributed by atoms with Crippen molar-refractivity contribution in [1.82, 2.24) is 10.2 Å². The Morgan fingerprint density at radius 2 is 1.66 bits per heavy atom. The number of amidine groups is 1. The van der Waals surface area contributed by atoms with E-state index in [9.17, 15) is 13.2 Å².